The van der Waals surface area contributed by atoms with Gasteiger partial charge in [-0.2, -0.15) is 4.98 Å². The molecule has 0 unspecified atom stereocenters. The van der Waals surface area contributed by atoms with E-state index in [2.05, 4.69) is 31.7 Å². The van der Waals surface area contributed by atoms with Gasteiger partial charge >= 0.3 is 6.36 Å². The van der Waals surface area contributed by atoms with Crippen LogP contribution < -0.4 is 4.74 Å². The fourth-order valence-electron chi connectivity index (χ4n) is 4.47. The van der Waals surface area contributed by atoms with Crippen LogP contribution in [-0.4, -0.2) is 69.2 Å². The van der Waals surface area contributed by atoms with Gasteiger partial charge in [0.2, 0.25) is 0 Å². The second-order valence-electron chi connectivity index (χ2n) is 9.12. The quantitative estimate of drug-likeness (QED) is 0.420. The first kappa shape index (κ1) is 24.1. The van der Waals surface area contributed by atoms with Crippen LogP contribution in [0.1, 0.15) is 17.0 Å². The Hall–Kier alpha value is -3.57. The van der Waals surface area contributed by atoms with Crippen molar-refractivity contribution in [3.05, 3.63) is 59.5 Å². The molecule has 2 aromatic heterocycles. The highest BCUT2D eigenvalue weighted by molar-refractivity contribution is 5.93. The van der Waals surface area contributed by atoms with E-state index < -0.39 is 6.36 Å². The first-order valence-corrected chi connectivity index (χ1v) is 11.6. The van der Waals surface area contributed by atoms with Gasteiger partial charge in [0.1, 0.15) is 5.75 Å². The number of aromatic hydroxyl groups is 1. The first-order valence-electron chi connectivity index (χ1n) is 11.6. The third-order valence-electron chi connectivity index (χ3n) is 6.34. The van der Waals surface area contributed by atoms with Crippen molar-refractivity contribution in [3.63, 3.8) is 0 Å². The molecule has 1 aliphatic heterocycles. The molecule has 0 saturated carbocycles. The minimum absolute atomic E-state index is 0.0750. The Kier molecular flexibility index (Phi) is 6.35. The average Bonchev–Trinajstić information content (AvgIpc) is 3.40. The number of rotatable bonds is 6. The number of benzene rings is 2. The standard InChI is InChI=1S/C25H26F3N5O3/c1-16-11-18(23-29-21(30-36-23)15-32-9-7-31(2)8-10-32)12-19-14-33(24(34)22(16)19)13-17-3-5-20(6-4-17)35-25(26,27)28/h3-6,11-12,14,34H,7-10,13,15H2,1-2H3. The Bertz CT molecular complexity index is 1360. The highest BCUT2D eigenvalue weighted by Gasteiger charge is 2.31. The Balaban J connectivity index is 1.34. The summed E-state index contributed by atoms with van der Waals surface area (Å²) >= 11 is 0. The average molecular weight is 502 g/mol. The Labute approximate surface area is 205 Å². The van der Waals surface area contributed by atoms with Gasteiger partial charge in [-0.1, -0.05) is 17.3 Å². The molecular weight excluding hydrogens is 475 g/mol. The molecule has 1 N–H and O–H groups in total. The molecule has 3 heterocycles. The van der Waals surface area contributed by atoms with Gasteiger partial charge in [0.15, 0.2) is 11.7 Å². The number of aromatic nitrogens is 3. The summed E-state index contributed by atoms with van der Waals surface area (Å²) in [5, 5.41) is 16.5. The summed E-state index contributed by atoms with van der Waals surface area (Å²) in [4.78, 5) is 9.16. The summed E-state index contributed by atoms with van der Waals surface area (Å²) in [7, 11) is 2.11. The minimum atomic E-state index is -4.74. The number of hydrogen-bond donors (Lipinski definition) is 1. The van der Waals surface area contributed by atoms with Crippen LogP contribution in [0.15, 0.2) is 47.1 Å². The summed E-state index contributed by atoms with van der Waals surface area (Å²) in [5.41, 5.74) is 2.30. The van der Waals surface area contributed by atoms with Crippen molar-refractivity contribution in [3.8, 4) is 23.1 Å². The molecule has 190 valence electrons. The number of halogens is 3. The number of fused-ring (bicyclic) bond motifs is 1. The molecule has 0 atom stereocenters. The number of nitrogens with zero attached hydrogens (tertiary/aromatic N) is 5. The molecule has 0 spiro atoms. The number of hydrogen-bond acceptors (Lipinski definition) is 7. The van der Waals surface area contributed by atoms with E-state index in [1.807, 2.05) is 19.1 Å². The van der Waals surface area contributed by atoms with Gasteiger partial charge in [0, 0.05) is 48.7 Å². The van der Waals surface area contributed by atoms with Crippen LogP contribution >= 0.6 is 0 Å². The number of aryl methyl sites for hydroxylation is 1. The molecule has 0 radical (unpaired) electrons. The maximum atomic E-state index is 12.4. The smallest absolute Gasteiger partial charge is 0.494 e. The zero-order valence-corrected chi connectivity index (χ0v) is 19.9. The highest BCUT2D eigenvalue weighted by Crippen LogP contribution is 2.34. The largest absolute Gasteiger partial charge is 0.573 e. The fraction of sp³-hybridized carbons (Fsp3) is 0.360. The van der Waals surface area contributed by atoms with E-state index >= 15 is 0 Å². The SMILES string of the molecule is Cc1cc(-c2nc(CN3CCN(C)CC3)no2)cc2cn(Cc3ccc(OC(F)(F)F)cc3)c(O)c12. The monoisotopic (exact) mass is 501 g/mol. The zero-order valence-electron chi connectivity index (χ0n) is 19.9. The van der Waals surface area contributed by atoms with Crippen LogP contribution in [0.2, 0.25) is 0 Å². The minimum Gasteiger partial charge on any atom is -0.494 e. The van der Waals surface area contributed by atoms with Gasteiger partial charge in [0.05, 0.1) is 13.1 Å². The van der Waals surface area contributed by atoms with Crippen LogP contribution in [0.3, 0.4) is 0 Å². The van der Waals surface area contributed by atoms with Crippen molar-refractivity contribution in [2.24, 2.45) is 0 Å². The third-order valence-corrected chi connectivity index (χ3v) is 6.34. The van der Waals surface area contributed by atoms with E-state index in [-0.39, 0.29) is 18.2 Å². The lowest BCUT2D eigenvalue weighted by atomic mass is 10.1. The maximum absolute atomic E-state index is 12.4. The second-order valence-corrected chi connectivity index (χ2v) is 9.12. The molecule has 1 fully saturated rings. The van der Waals surface area contributed by atoms with E-state index in [0.29, 0.717) is 29.2 Å². The predicted octanol–water partition coefficient (Wildman–Crippen LogP) is 4.40. The molecule has 1 saturated heterocycles. The summed E-state index contributed by atoms with van der Waals surface area (Å²) in [6.07, 6.45) is -2.94. The van der Waals surface area contributed by atoms with Gasteiger partial charge in [-0.25, -0.2) is 0 Å². The lowest BCUT2D eigenvalue weighted by Gasteiger charge is -2.31. The zero-order chi connectivity index (χ0) is 25.4. The predicted molar refractivity (Wildman–Crippen MR) is 127 cm³/mol. The normalized spacial score (nSPS) is 15.6. The van der Waals surface area contributed by atoms with Gasteiger partial charge in [0.25, 0.3) is 5.89 Å². The van der Waals surface area contributed by atoms with Crippen LogP contribution in [-0.2, 0) is 13.1 Å². The van der Waals surface area contributed by atoms with Crippen molar-refractivity contribution in [1.82, 2.24) is 24.5 Å². The van der Waals surface area contributed by atoms with Crippen molar-refractivity contribution < 1.29 is 27.5 Å². The Morgan fingerprint density at radius 1 is 1.06 bits per heavy atom. The fourth-order valence-corrected chi connectivity index (χ4v) is 4.47. The molecule has 1 aliphatic rings. The molecule has 8 nitrogen and oxygen atoms in total. The van der Waals surface area contributed by atoms with Crippen molar-refractivity contribution >= 4 is 10.8 Å². The summed E-state index contributed by atoms with van der Waals surface area (Å²) in [5.74, 6) is 0.827. The van der Waals surface area contributed by atoms with Crippen molar-refractivity contribution in [1.29, 1.82) is 0 Å². The lowest BCUT2D eigenvalue weighted by Crippen LogP contribution is -2.44. The van der Waals surface area contributed by atoms with Crippen LogP contribution in [0, 0.1) is 6.92 Å². The van der Waals surface area contributed by atoms with E-state index in [1.54, 1.807) is 10.8 Å². The number of piperazine rings is 1. The Morgan fingerprint density at radius 3 is 2.47 bits per heavy atom. The highest BCUT2D eigenvalue weighted by atomic mass is 19.4. The van der Waals surface area contributed by atoms with Gasteiger partial charge in [-0.15, -0.1) is 13.2 Å². The van der Waals surface area contributed by atoms with E-state index in [1.165, 1.54) is 24.3 Å². The topological polar surface area (TPSA) is 79.8 Å². The molecule has 0 bridgehead atoms. The maximum Gasteiger partial charge on any atom is 0.573 e. The Morgan fingerprint density at radius 2 is 1.78 bits per heavy atom. The van der Waals surface area contributed by atoms with E-state index in [9.17, 15) is 18.3 Å². The third kappa shape index (κ3) is 5.31. The van der Waals surface area contributed by atoms with E-state index in [0.717, 1.165) is 42.7 Å². The molecule has 5 rings (SSSR count). The van der Waals surface area contributed by atoms with Gasteiger partial charge in [-0.05, 0) is 49.4 Å². The molecule has 0 amide bonds. The van der Waals surface area contributed by atoms with Gasteiger partial charge < -0.3 is 23.8 Å². The van der Waals surface area contributed by atoms with Crippen LogP contribution in [0.4, 0.5) is 13.2 Å². The van der Waals surface area contributed by atoms with Crippen molar-refractivity contribution in [2.75, 3.05) is 33.2 Å². The van der Waals surface area contributed by atoms with Crippen LogP contribution in [0.5, 0.6) is 11.6 Å². The molecule has 36 heavy (non-hydrogen) atoms. The summed E-state index contributed by atoms with van der Waals surface area (Å²) in [6, 6.07) is 9.34. The molecule has 11 heteroatoms. The van der Waals surface area contributed by atoms with Gasteiger partial charge in [-0.3, -0.25) is 4.90 Å². The van der Waals surface area contributed by atoms with E-state index in [4.69, 9.17) is 4.52 Å². The lowest BCUT2D eigenvalue weighted by molar-refractivity contribution is -0.274. The number of likely N-dealkylation sites (N-methyl/N-ethyl adjacent to an activating group) is 1. The molecular formula is C25H26F3N5O3. The van der Waals surface area contributed by atoms with Crippen molar-refractivity contribution in [2.45, 2.75) is 26.4 Å². The van der Waals surface area contributed by atoms with Crippen LogP contribution in [0.25, 0.3) is 22.2 Å². The second kappa shape index (κ2) is 9.47. The summed E-state index contributed by atoms with van der Waals surface area (Å²) < 4.78 is 48.3. The molecule has 4 aromatic rings. The first-order chi connectivity index (χ1) is 17.1. The molecule has 0 aliphatic carbocycles. The number of ether oxygens (including phenoxy) is 1. The molecule has 2 aromatic carbocycles. The number of alkyl halides is 3. The summed E-state index contributed by atoms with van der Waals surface area (Å²) in [6.45, 7) is 6.71.